The highest BCUT2D eigenvalue weighted by Gasteiger charge is 2.41. The summed E-state index contributed by atoms with van der Waals surface area (Å²) in [6.07, 6.45) is 4.22. The highest BCUT2D eigenvalue weighted by molar-refractivity contribution is 5.74. The molecule has 3 fully saturated rings. The topological polar surface area (TPSA) is 91.3 Å². The second-order valence-electron chi connectivity index (χ2n) is 7.32. The van der Waals surface area contributed by atoms with E-state index in [1.807, 2.05) is 4.90 Å². The fourth-order valence-corrected chi connectivity index (χ4v) is 3.90. The van der Waals surface area contributed by atoms with Crippen LogP contribution >= 0.6 is 0 Å². The molecular weight excluding hydrogens is 338 g/mol. The highest BCUT2D eigenvalue weighted by atomic mass is 16.5. The zero-order chi connectivity index (χ0) is 18.8. The number of ether oxygens (including phenoxy) is 2. The van der Waals surface area contributed by atoms with Crippen LogP contribution in [0.3, 0.4) is 0 Å². The number of carbonyl (C=O) groups excluding carboxylic acids is 1. The van der Waals surface area contributed by atoms with Gasteiger partial charge in [-0.15, -0.1) is 0 Å². The van der Waals surface area contributed by atoms with E-state index in [0.717, 1.165) is 65.2 Å². The van der Waals surface area contributed by atoms with Gasteiger partial charge in [-0.05, 0) is 31.6 Å². The van der Waals surface area contributed by atoms with Crippen molar-refractivity contribution in [3.8, 4) is 0 Å². The molecule has 3 rings (SSSR count). The maximum atomic E-state index is 12.2. The van der Waals surface area contributed by atoms with E-state index < -0.39 is 0 Å². The van der Waals surface area contributed by atoms with Crippen molar-refractivity contribution in [1.82, 2.24) is 15.1 Å². The third-order valence-corrected chi connectivity index (χ3v) is 5.37. The van der Waals surface area contributed by atoms with Crippen molar-refractivity contribution in [2.45, 2.75) is 38.2 Å². The molecule has 26 heavy (non-hydrogen) atoms. The third kappa shape index (κ3) is 6.10. The van der Waals surface area contributed by atoms with Crippen molar-refractivity contribution in [3.05, 3.63) is 0 Å². The fourth-order valence-electron chi connectivity index (χ4n) is 3.90. The first-order valence-electron chi connectivity index (χ1n) is 9.67. The molecule has 2 amide bonds. The molecule has 0 bridgehead atoms. The number of amides is 2. The van der Waals surface area contributed by atoms with Crippen molar-refractivity contribution in [1.29, 1.82) is 0 Å². The zero-order valence-corrected chi connectivity index (χ0v) is 15.8. The Balaban J connectivity index is 0.000000758. The van der Waals surface area contributed by atoms with E-state index in [9.17, 15) is 4.79 Å². The molecule has 0 saturated carbocycles. The van der Waals surface area contributed by atoms with Gasteiger partial charge in [0.05, 0.1) is 25.4 Å². The van der Waals surface area contributed by atoms with Crippen molar-refractivity contribution in [2.24, 2.45) is 5.92 Å². The number of nitrogens with one attached hydrogen (secondary N) is 1. The van der Waals surface area contributed by atoms with Crippen molar-refractivity contribution in [2.75, 3.05) is 59.1 Å². The largest absolute Gasteiger partial charge is 0.483 e. The molecule has 3 aliphatic rings. The van der Waals surface area contributed by atoms with Crippen LogP contribution in [-0.4, -0.2) is 92.1 Å². The monoisotopic (exact) mass is 371 g/mol. The van der Waals surface area contributed by atoms with Gasteiger partial charge in [0, 0.05) is 39.3 Å². The lowest BCUT2D eigenvalue weighted by Crippen LogP contribution is -2.59. The molecule has 1 unspecified atom stereocenters. The number of likely N-dealkylation sites (tertiary alicyclic amines) is 1. The standard InChI is InChI=1S/C17H31N3O3.CH2O2/c1-2-6-18-16(21)20-9-11-23-17(14-20)4-7-19(8-5-17)12-15-3-10-22-13-15;2-1-3/h15H,2-14H2,1H3,(H,18,21);1H,(H,2,3). The predicted molar refractivity (Wildman–Crippen MR) is 97.2 cm³/mol. The van der Waals surface area contributed by atoms with Crippen molar-refractivity contribution >= 4 is 12.5 Å². The number of hydrogen-bond acceptors (Lipinski definition) is 5. The molecule has 1 spiro atoms. The molecule has 3 heterocycles. The molecular formula is C18H33N3O5. The molecule has 3 aliphatic heterocycles. The highest BCUT2D eigenvalue weighted by Crippen LogP contribution is 2.31. The molecule has 8 heteroatoms. The average Bonchev–Trinajstić information content (AvgIpc) is 3.16. The van der Waals surface area contributed by atoms with Gasteiger partial charge in [0.2, 0.25) is 0 Å². The van der Waals surface area contributed by atoms with Crippen LogP contribution in [0.25, 0.3) is 0 Å². The van der Waals surface area contributed by atoms with Gasteiger partial charge in [0.1, 0.15) is 0 Å². The number of urea groups is 1. The first-order chi connectivity index (χ1) is 12.6. The molecule has 2 N–H and O–H groups in total. The molecule has 3 saturated heterocycles. The zero-order valence-electron chi connectivity index (χ0n) is 15.8. The van der Waals surface area contributed by atoms with Gasteiger partial charge in [-0.2, -0.15) is 0 Å². The van der Waals surface area contributed by atoms with Crippen LogP contribution in [0.15, 0.2) is 0 Å². The SMILES string of the molecule is CCCNC(=O)N1CCOC2(CCN(CC3CCOC3)CC2)C1.O=CO. The van der Waals surface area contributed by atoms with Crippen molar-refractivity contribution in [3.63, 3.8) is 0 Å². The number of piperidine rings is 1. The summed E-state index contributed by atoms with van der Waals surface area (Å²) in [4.78, 5) is 25.1. The Hall–Kier alpha value is -1.38. The lowest BCUT2D eigenvalue weighted by molar-refractivity contribution is -0.126. The van der Waals surface area contributed by atoms with E-state index in [1.54, 1.807) is 0 Å². The van der Waals surface area contributed by atoms with Gasteiger partial charge in [-0.1, -0.05) is 6.92 Å². The summed E-state index contributed by atoms with van der Waals surface area (Å²) in [5.41, 5.74) is -0.121. The van der Waals surface area contributed by atoms with E-state index >= 15 is 0 Å². The van der Waals surface area contributed by atoms with E-state index in [1.165, 1.54) is 6.42 Å². The molecule has 150 valence electrons. The van der Waals surface area contributed by atoms with Gasteiger partial charge < -0.3 is 29.7 Å². The summed E-state index contributed by atoms with van der Waals surface area (Å²) in [7, 11) is 0. The van der Waals surface area contributed by atoms with E-state index in [2.05, 4.69) is 17.1 Å². The smallest absolute Gasteiger partial charge is 0.317 e. The first-order valence-corrected chi connectivity index (χ1v) is 9.67. The minimum atomic E-state index is -0.250. The Morgan fingerprint density at radius 3 is 2.65 bits per heavy atom. The second kappa shape index (κ2) is 10.7. The molecule has 0 aromatic carbocycles. The Morgan fingerprint density at radius 2 is 2.04 bits per heavy atom. The molecule has 0 radical (unpaired) electrons. The van der Waals surface area contributed by atoms with Crippen LogP contribution in [-0.2, 0) is 14.3 Å². The number of morpholine rings is 1. The van der Waals surface area contributed by atoms with Crippen molar-refractivity contribution < 1.29 is 24.2 Å². The Bertz CT molecular complexity index is 435. The lowest BCUT2D eigenvalue weighted by atomic mass is 9.89. The number of carboxylic acid groups (broad SMARTS) is 1. The number of hydrogen-bond donors (Lipinski definition) is 2. The maximum absolute atomic E-state index is 12.2. The minimum Gasteiger partial charge on any atom is -0.483 e. The summed E-state index contributed by atoms with van der Waals surface area (Å²) in [5.74, 6) is 0.702. The molecule has 0 aliphatic carbocycles. The van der Waals surface area contributed by atoms with E-state index in [0.29, 0.717) is 19.1 Å². The Labute approximate surface area is 155 Å². The summed E-state index contributed by atoms with van der Waals surface area (Å²) in [5, 5.41) is 9.88. The van der Waals surface area contributed by atoms with Gasteiger partial charge in [-0.25, -0.2) is 4.79 Å². The molecule has 1 atom stereocenters. The Kier molecular flexibility index (Phi) is 8.61. The maximum Gasteiger partial charge on any atom is 0.317 e. The summed E-state index contributed by atoms with van der Waals surface area (Å²) >= 11 is 0. The van der Waals surface area contributed by atoms with Crippen LogP contribution in [0.4, 0.5) is 4.79 Å². The lowest BCUT2D eigenvalue weighted by Gasteiger charge is -2.47. The second-order valence-corrected chi connectivity index (χ2v) is 7.32. The van der Waals surface area contributed by atoms with Gasteiger partial charge in [0.25, 0.3) is 6.47 Å². The number of carbonyl (C=O) groups is 2. The van der Waals surface area contributed by atoms with Crippen LogP contribution in [0, 0.1) is 5.92 Å². The fraction of sp³-hybridized carbons (Fsp3) is 0.889. The van der Waals surface area contributed by atoms with Gasteiger partial charge in [0.15, 0.2) is 0 Å². The minimum absolute atomic E-state index is 0.0695. The van der Waals surface area contributed by atoms with Crippen LogP contribution in [0.2, 0.25) is 0 Å². The number of rotatable bonds is 4. The van der Waals surface area contributed by atoms with E-state index in [-0.39, 0.29) is 18.1 Å². The van der Waals surface area contributed by atoms with Crippen LogP contribution < -0.4 is 5.32 Å². The Morgan fingerprint density at radius 1 is 1.31 bits per heavy atom. The third-order valence-electron chi connectivity index (χ3n) is 5.37. The van der Waals surface area contributed by atoms with Gasteiger partial charge in [-0.3, -0.25) is 4.79 Å². The van der Waals surface area contributed by atoms with Gasteiger partial charge >= 0.3 is 6.03 Å². The molecule has 0 aromatic heterocycles. The molecule has 0 aromatic rings. The summed E-state index contributed by atoms with van der Waals surface area (Å²) in [6, 6.07) is 0.0695. The number of nitrogens with zero attached hydrogens (tertiary/aromatic N) is 2. The summed E-state index contributed by atoms with van der Waals surface area (Å²) in [6.45, 7) is 9.82. The van der Waals surface area contributed by atoms with E-state index in [4.69, 9.17) is 19.4 Å². The average molecular weight is 371 g/mol. The normalized spacial score (nSPS) is 25.4. The molecule has 8 nitrogen and oxygen atoms in total. The summed E-state index contributed by atoms with van der Waals surface area (Å²) < 4.78 is 11.6. The van der Waals surface area contributed by atoms with Crippen LogP contribution in [0.5, 0.6) is 0 Å². The quantitative estimate of drug-likeness (QED) is 0.717. The first kappa shape index (κ1) is 20.9. The van der Waals surface area contributed by atoms with Crippen LogP contribution in [0.1, 0.15) is 32.6 Å². The predicted octanol–water partition coefficient (Wildman–Crippen LogP) is 1.01.